The molecule has 1 unspecified atom stereocenters. The van der Waals surface area contributed by atoms with Gasteiger partial charge >= 0.3 is 0 Å². The molecule has 162 valence electrons. The van der Waals surface area contributed by atoms with Crippen molar-refractivity contribution in [3.05, 3.63) is 59.3 Å². The third-order valence-electron chi connectivity index (χ3n) is 5.50. The summed E-state index contributed by atoms with van der Waals surface area (Å²) >= 11 is 0. The third kappa shape index (κ3) is 5.40. The zero-order chi connectivity index (χ0) is 22.4. The van der Waals surface area contributed by atoms with Gasteiger partial charge < -0.3 is 15.1 Å². The lowest BCUT2D eigenvalue weighted by molar-refractivity contribution is -0.134. The number of nitriles is 1. The molecule has 1 saturated heterocycles. The molecule has 2 heterocycles. The van der Waals surface area contributed by atoms with Crippen molar-refractivity contribution in [1.29, 1.82) is 5.26 Å². The van der Waals surface area contributed by atoms with Gasteiger partial charge in [-0.2, -0.15) is 5.26 Å². The summed E-state index contributed by atoms with van der Waals surface area (Å²) in [6.07, 6.45) is 2.25. The van der Waals surface area contributed by atoms with E-state index in [0.717, 1.165) is 5.56 Å². The fourth-order valence-electron chi connectivity index (χ4n) is 3.85. The average Bonchev–Trinajstić information content (AvgIpc) is 2.78. The van der Waals surface area contributed by atoms with E-state index in [4.69, 9.17) is 0 Å². The van der Waals surface area contributed by atoms with Crippen molar-refractivity contribution in [3.8, 4) is 6.07 Å². The Morgan fingerprint density at radius 2 is 1.84 bits per heavy atom. The molecule has 0 bridgehead atoms. The van der Waals surface area contributed by atoms with Crippen LogP contribution in [0.3, 0.4) is 0 Å². The van der Waals surface area contributed by atoms with Gasteiger partial charge in [0, 0.05) is 37.9 Å². The highest BCUT2D eigenvalue weighted by molar-refractivity contribution is 5.98. The number of rotatable bonds is 6. The number of pyridine rings is 1. The molecule has 3 rings (SSSR count). The first-order valence-electron chi connectivity index (χ1n) is 10.7. The molecule has 0 radical (unpaired) electrons. The van der Waals surface area contributed by atoms with Crippen LogP contribution in [-0.2, 0) is 4.79 Å². The monoisotopic (exact) mass is 419 g/mol. The Labute approximate surface area is 183 Å². The van der Waals surface area contributed by atoms with Crippen LogP contribution >= 0.6 is 0 Å². The van der Waals surface area contributed by atoms with Gasteiger partial charge in [-0.25, -0.2) is 4.98 Å². The average molecular weight is 420 g/mol. The number of aromatic nitrogens is 1. The normalized spacial score (nSPS) is 14.8. The minimum absolute atomic E-state index is 0.0585. The Morgan fingerprint density at radius 1 is 1.13 bits per heavy atom. The maximum Gasteiger partial charge on any atom is 0.252 e. The zero-order valence-electron chi connectivity index (χ0n) is 18.3. The van der Waals surface area contributed by atoms with E-state index in [1.807, 2.05) is 43.9 Å². The minimum atomic E-state index is -0.567. The van der Waals surface area contributed by atoms with E-state index >= 15 is 0 Å². The second-order valence-electron chi connectivity index (χ2n) is 8.27. The molecular weight excluding hydrogens is 390 g/mol. The molecule has 0 spiro atoms. The van der Waals surface area contributed by atoms with Gasteiger partial charge in [-0.05, 0) is 43.0 Å². The summed E-state index contributed by atoms with van der Waals surface area (Å²) in [5.41, 5.74) is 2.01. The van der Waals surface area contributed by atoms with Crippen molar-refractivity contribution in [2.45, 2.75) is 33.2 Å². The summed E-state index contributed by atoms with van der Waals surface area (Å²) in [5, 5.41) is 12.3. The Bertz CT molecular complexity index is 974. The molecule has 1 aromatic heterocycles. The van der Waals surface area contributed by atoms with Gasteiger partial charge in [0.1, 0.15) is 17.9 Å². The maximum absolute atomic E-state index is 13.3. The van der Waals surface area contributed by atoms with Gasteiger partial charge in [0.25, 0.3) is 5.91 Å². The number of piperazine rings is 1. The largest absolute Gasteiger partial charge is 0.352 e. The first kappa shape index (κ1) is 22.3. The van der Waals surface area contributed by atoms with Crippen LogP contribution in [0.4, 0.5) is 5.82 Å². The second kappa shape index (κ2) is 10.1. The Morgan fingerprint density at radius 3 is 2.48 bits per heavy atom. The standard InChI is InChI=1S/C24H29N5O2/c1-17(2)15-21(27-23(30)20-9-5-4-7-18(20)3)24(31)29-13-11-28(12-14-29)22-19(16-25)8-6-10-26-22/h4-10,17,21H,11-15H2,1-3H3,(H,27,30). The number of nitrogens with zero attached hydrogens (tertiary/aromatic N) is 4. The molecule has 0 saturated carbocycles. The maximum atomic E-state index is 13.3. The highest BCUT2D eigenvalue weighted by atomic mass is 16.2. The van der Waals surface area contributed by atoms with Crippen molar-refractivity contribution < 1.29 is 9.59 Å². The predicted octanol–water partition coefficient (Wildman–Crippen LogP) is 2.76. The summed E-state index contributed by atoms with van der Waals surface area (Å²) in [7, 11) is 0. The lowest BCUT2D eigenvalue weighted by Crippen LogP contribution is -2.55. The number of hydrogen-bond donors (Lipinski definition) is 1. The van der Waals surface area contributed by atoms with Crippen LogP contribution in [0, 0.1) is 24.2 Å². The van der Waals surface area contributed by atoms with Crippen LogP contribution in [0.5, 0.6) is 0 Å². The molecular formula is C24H29N5O2. The summed E-state index contributed by atoms with van der Waals surface area (Å²) in [6.45, 7) is 8.21. The van der Waals surface area contributed by atoms with E-state index in [-0.39, 0.29) is 17.7 Å². The lowest BCUT2D eigenvalue weighted by Gasteiger charge is -2.37. The molecule has 1 N–H and O–H groups in total. The number of carbonyl (C=O) groups excluding carboxylic acids is 2. The van der Waals surface area contributed by atoms with Crippen LogP contribution < -0.4 is 10.2 Å². The van der Waals surface area contributed by atoms with Gasteiger partial charge in [-0.1, -0.05) is 32.0 Å². The van der Waals surface area contributed by atoms with E-state index in [9.17, 15) is 14.9 Å². The van der Waals surface area contributed by atoms with E-state index < -0.39 is 6.04 Å². The Kier molecular flexibility index (Phi) is 7.24. The quantitative estimate of drug-likeness (QED) is 0.778. The molecule has 31 heavy (non-hydrogen) atoms. The van der Waals surface area contributed by atoms with Crippen LogP contribution in [0.25, 0.3) is 0 Å². The molecule has 7 heteroatoms. The molecule has 2 aromatic rings. The predicted molar refractivity (Wildman–Crippen MR) is 120 cm³/mol. The van der Waals surface area contributed by atoms with E-state index in [1.54, 1.807) is 29.3 Å². The summed E-state index contributed by atoms with van der Waals surface area (Å²) in [5.74, 6) is 0.641. The van der Waals surface area contributed by atoms with Gasteiger partial charge in [0.05, 0.1) is 5.56 Å². The molecule has 1 fully saturated rings. The fourth-order valence-corrected chi connectivity index (χ4v) is 3.85. The summed E-state index contributed by atoms with van der Waals surface area (Å²) in [4.78, 5) is 34.3. The minimum Gasteiger partial charge on any atom is -0.352 e. The van der Waals surface area contributed by atoms with E-state index in [2.05, 4.69) is 16.4 Å². The smallest absolute Gasteiger partial charge is 0.252 e. The van der Waals surface area contributed by atoms with Gasteiger partial charge in [0.2, 0.25) is 5.91 Å². The molecule has 1 aromatic carbocycles. The van der Waals surface area contributed by atoms with Crippen LogP contribution in [0.2, 0.25) is 0 Å². The molecule has 1 aliphatic rings. The highest BCUT2D eigenvalue weighted by Crippen LogP contribution is 2.19. The van der Waals surface area contributed by atoms with Crippen molar-refractivity contribution in [2.75, 3.05) is 31.1 Å². The number of carbonyl (C=O) groups is 2. The second-order valence-corrected chi connectivity index (χ2v) is 8.27. The lowest BCUT2D eigenvalue weighted by atomic mass is 10.0. The highest BCUT2D eigenvalue weighted by Gasteiger charge is 2.30. The first-order chi connectivity index (χ1) is 14.9. The van der Waals surface area contributed by atoms with Crippen molar-refractivity contribution in [3.63, 3.8) is 0 Å². The SMILES string of the molecule is Cc1ccccc1C(=O)NC(CC(C)C)C(=O)N1CCN(c2ncccc2C#N)CC1. The Hall–Kier alpha value is -3.40. The van der Waals surface area contributed by atoms with Crippen LogP contribution in [-0.4, -0.2) is 53.9 Å². The number of anilines is 1. The van der Waals surface area contributed by atoms with Crippen molar-refractivity contribution in [1.82, 2.24) is 15.2 Å². The zero-order valence-corrected chi connectivity index (χ0v) is 18.3. The molecule has 0 aliphatic carbocycles. The summed E-state index contributed by atoms with van der Waals surface area (Å²) < 4.78 is 0. The molecule has 7 nitrogen and oxygen atoms in total. The number of nitrogens with one attached hydrogen (secondary N) is 1. The van der Waals surface area contributed by atoms with E-state index in [0.29, 0.717) is 49.5 Å². The van der Waals surface area contributed by atoms with Gasteiger partial charge in [-0.3, -0.25) is 9.59 Å². The Balaban J connectivity index is 1.68. The third-order valence-corrected chi connectivity index (χ3v) is 5.50. The molecule has 2 amide bonds. The fraction of sp³-hybridized carbons (Fsp3) is 0.417. The number of benzene rings is 1. The van der Waals surface area contributed by atoms with Crippen molar-refractivity contribution in [2.24, 2.45) is 5.92 Å². The van der Waals surface area contributed by atoms with Crippen LogP contribution in [0.15, 0.2) is 42.6 Å². The van der Waals surface area contributed by atoms with E-state index in [1.165, 1.54) is 0 Å². The van der Waals surface area contributed by atoms with Crippen LogP contribution in [0.1, 0.15) is 41.8 Å². The van der Waals surface area contributed by atoms with Gasteiger partial charge in [-0.15, -0.1) is 0 Å². The number of aryl methyl sites for hydroxylation is 1. The number of amides is 2. The summed E-state index contributed by atoms with van der Waals surface area (Å²) in [6, 6.07) is 12.5. The topological polar surface area (TPSA) is 89.3 Å². The van der Waals surface area contributed by atoms with Crippen molar-refractivity contribution >= 4 is 17.6 Å². The number of hydrogen-bond acceptors (Lipinski definition) is 5. The van der Waals surface area contributed by atoms with Gasteiger partial charge in [0.15, 0.2) is 0 Å². The first-order valence-corrected chi connectivity index (χ1v) is 10.7. The molecule has 1 aliphatic heterocycles. The molecule has 1 atom stereocenters.